The molecule has 0 spiro atoms. The highest BCUT2D eigenvalue weighted by Gasteiger charge is 2.16. The number of rotatable bonds is 5. The van der Waals surface area contributed by atoms with Crippen molar-refractivity contribution in [3.8, 4) is 23.4 Å². The molecule has 4 rings (SSSR count). The zero-order valence-electron chi connectivity index (χ0n) is 16.8. The summed E-state index contributed by atoms with van der Waals surface area (Å²) in [5.41, 5.74) is -2.07. The van der Waals surface area contributed by atoms with Crippen LogP contribution in [0.2, 0.25) is 10.0 Å². The van der Waals surface area contributed by atoms with E-state index >= 15 is 0 Å². The zero-order chi connectivity index (χ0) is 24.4. The van der Waals surface area contributed by atoms with Gasteiger partial charge in [0.15, 0.2) is 5.75 Å². The van der Waals surface area contributed by atoms with Gasteiger partial charge in [-0.2, -0.15) is 9.94 Å². The normalized spacial score (nSPS) is 10.6. The first-order valence-electron chi connectivity index (χ1n) is 9.39. The van der Waals surface area contributed by atoms with Crippen molar-refractivity contribution in [2.24, 2.45) is 0 Å². The van der Waals surface area contributed by atoms with Gasteiger partial charge in [-0.25, -0.2) is 13.9 Å². The SMILES string of the molecule is N#Cc1nn(-c2cc(Cl)c(Oc3ccc(=O)n(Cc4ccc(F)cc4)n3)c(Cl)c2)c(=O)[nH]c1=O. The van der Waals surface area contributed by atoms with Gasteiger partial charge in [-0.15, -0.1) is 10.2 Å². The number of nitrogens with one attached hydrogen (secondary N) is 1. The van der Waals surface area contributed by atoms with Crippen molar-refractivity contribution >= 4 is 23.2 Å². The van der Waals surface area contributed by atoms with Gasteiger partial charge in [0.2, 0.25) is 11.6 Å². The second kappa shape index (κ2) is 9.30. The van der Waals surface area contributed by atoms with Gasteiger partial charge in [0.05, 0.1) is 22.3 Å². The van der Waals surface area contributed by atoms with E-state index < -0.39 is 28.3 Å². The lowest BCUT2D eigenvalue weighted by Crippen LogP contribution is -2.33. The molecule has 4 aromatic rings. The standard InChI is InChI=1S/C21H11Cl2FN6O4/c22-14-7-13(30-21(33)26-20(32)16(9-25)27-30)8-15(23)19(14)34-17-5-6-18(31)29(28-17)10-11-1-3-12(24)4-2-11/h1-8H,10H2,(H,26,32,33). The van der Waals surface area contributed by atoms with Crippen LogP contribution in [0.1, 0.15) is 11.3 Å². The predicted octanol–water partition coefficient (Wildman–Crippen LogP) is 2.64. The second-order valence-corrected chi connectivity index (χ2v) is 7.58. The van der Waals surface area contributed by atoms with Crippen LogP contribution in [0.4, 0.5) is 4.39 Å². The first-order valence-corrected chi connectivity index (χ1v) is 10.1. The van der Waals surface area contributed by atoms with Crippen molar-refractivity contribution in [3.63, 3.8) is 0 Å². The Bertz CT molecular complexity index is 1600. The third-order valence-corrected chi connectivity index (χ3v) is 5.02. The number of aromatic amines is 1. The Morgan fingerprint density at radius 1 is 1.03 bits per heavy atom. The number of aromatic nitrogens is 5. The molecule has 0 saturated heterocycles. The first-order chi connectivity index (χ1) is 16.2. The summed E-state index contributed by atoms with van der Waals surface area (Å²) in [7, 11) is 0. The highest BCUT2D eigenvalue weighted by molar-refractivity contribution is 6.37. The fourth-order valence-corrected chi connectivity index (χ4v) is 3.43. The van der Waals surface area contributed by atoms with Crippen molar-refractivity contribution in [1.29, 1.82) is 5.26 Å². The molecule has 0 aliphatic carbocycles. The quantitative estimate of drug-likeness (QED) is 0.444. The van der Waals surface area contributed by atoms with Gasteiger partial charge in [-0.3, -0.25) is 14.6 Å². The van der Waals surface area contributed by atoms with Crippen molar-refractivity contribution in [3.05, 3.63) is 107 Å². The van der Waals surface area contributed by atoms with Crippen molar-refractivity contribution in [2.75, 3.05) is 0 Å². The van der Waals surface area contributed by atoms with Gasteiger partial charge in [-0.05, 0) is 29.8 Å². The number of hydrogen-bond donors (Lipinski definition) is 1. The summed E-state index contributed by atoms with van der Waals surface area (Å²) in [5.74, 6) is -0.439. The molecule has 34 heavy (non-hydrogen) atoms. The predicted molar refractivity (Wildman–Crippen MR) is 119 cm³/mol. The van der Waals surface area contributed by atoms with E-state index in [2.05, 4.69) is 10.2 Å². The van der Waals surface area contributed by atoms with Gasteiger partial charge >= 0.3 is 5.69 Å². The average molecular weight is 501 g/mol. The lowest BCUT2D eigenvalue weighted by Gasteiger charge is -2.12. The summed E-state index contributed by atoms with van der Waals surface area (Å²) in [6.07, 6.45) is 0. The maximum Gasteiger partial charge on any atom is 0.349 e. The summed E-state index contributed by atoms with van der Waals surface area (Å²) >= 11 is 12.6. The van der Waals surface area contributed by atoms with Crippen molar-refractivity contribution in [2.45, 2.75) is 6.54 Å². The van der Waals surface area contributed by atoms with Gasteiger partial charge < -0.3 is 4.74 Å². The molecule has 0 bridgehead atoms. The smallest absolute Gasteiger partial charge is 0.349 e. The highest BCUT2D eigenvalue weighted by Crippen LogP contribution is 2.37. The molecule has 0 aliphatic heterocycles. The monoisotopic (exact) mass is 500 g/mol. The molecule has 2 aromatic carbocycles. The molecule has 170 valence electrons. The van der Waals surface area contributed by atoms with Gasteiger partial charge in [-0.1, -0.05) is 35.3 Å². The number of halogens is 3. The molecule has 10 nitrogen and oxygen atoms in total. The summed E-state index contributed by atoms with van der Waals surface area (Å²) < 4.78 is 20.7. The highest BCUT2D eigenvalue weighted by atomic mass is 35.5. The van der Waals surface area contributed by atoms with Gasteiger partial charge in [0.1, 0.15) is 11.9 Å². The fourth-order valence-electron chi connectivity index (χ4n) is 2.88. The molecule has 0 radical (unpaired) electrons. The summed E-state index contributed by atoms with van der Waals surface area (Å²) in [6.45, 7) is 0.0682. The summed E-state index contributed by atoms with van der Waals surface area (Å²) in [5, 5.41) is 16.7. The van der Waals surface area contributed by atoms with E-state index in [0.717, 1.165) is 9.36 Å². The van der Waals surface area contributed by atoms with E-state index in [1.165, 1.54) is 48.5 Å². The van der Waals surface area contributed by atoms with Crippen LogP contribution in [0, 0.1) is 17.1 Å². The minimum absolute atomic E-state index is 0.00985. The summed E-state index contributed by atoms with van der Waals surface area (Å²) in [4.78, 5) is 37.8. The van der Waals surface area contributed by atoms with Gasteiger partial charge in [0.25, 0.3) is 11.1 Å². The van der Waals surface area contributed by atoms with Crippen LogP contribution in [-0.4, -0.2) is 24.5 Å². The number of nitriles is 1. The van der Waals surface area contributed by atoms with Crippen LogP contribution in [-0.2, 0) is 6.54 Å². The molecule has 2 aromatic heterocycles. The van der Waals surface area contributed by atoms with E-state index in [1.54, 1.807) is 6.07 Å². The van der Waals surface area contributed by atoms with E-state index in [0.29, 0.717) is 5.56 Å². The van der Waals surface area contributed by atoms with E-state index in [9.17, 15) is 18.8 Å². The lowest BCUT2D eigenvalue weighted by atomic mass is 10.2. The topological polar surface area (TPSA) is 136 Å². The van der Waals surface area contributed by atoms with E-state index in [-0.39, 0.29) is 33.9 Å². The molecular formula is C21H11Cl2FN6O4. The van der Waals surface area contributed by atoms with E-state index in [1.807, 2.05) is 4.98 Å². The Hall–Kier alpha value is -4.27. The molecule has 2 heterocycles. The average Bonchev–Trinajstić information content (AvgIpc) is 2.80. The summed E-state index contributed by atoms with van der Waals surface area (Å²) in [6, 6.07) is 12.3. The van der Waals surface area contributed by atoms with Crippen LogP contribution >= 0.6 is 23.2 Å². The first kappa shape index (κ1) is 22.9. The largest absolute Gasteiger partial charge is 0.434 e. The molecule has 0 unspecified atom stereocenters. The van der Waals surface area contributed by atoms with Crippen LogP contribution in [0.25, 0.3) is 5.69 Å². The maximum atomic E-state index is 13.1. The number of nitrogens with zero attached hydrogens (tertiary/aromatic N) is 5. The van der Waals surface area contributed by atoms with Crippen LogP contribution in [0.3, 0.4) is 0 Å². The molecular weight excluding hydrogens is 490 g/mol. The molecule has 0 aliphatic rings. The van der Waals surface area contributed by atoms with Crippen LogP contribution in [0.15, 0.2) is 62.9 Å². The van der Waals surface area contributed by atoms with Crippen molar-refractivity contribution in [1.82, 2.24) is 24.5 Å². The lowest BCUT2D eigenvalue weighted by molar-refractivity contribution is 0.435. The Morgan fingerprint density at radius 3 is 2.35 bits per heavy atom. The van der Waals surface area contributed by atoms with Gasteiger partial charge in [0, 0.05) is 12.1 Å². The number of ether oxygens (including phenoxy) is 1. The third-order valence-electron chi connectivity index (χ3n) is 4.46. The molecule has 13 heteroatoms. The van der Waals surface area contributed by atoms with Crippen LogP contribution < -0.4 is 21.5 Å². The number of hydrogen-bond acceptors (Lipinski definition) is 7. The minimum Gasteiger partial charge on any atom is -0.434 e. The maximum absolute atomic E-state index is 13.1. The molecule has 0 saturated carbocycles. The van der Waals surface area contributed by atoms with Crippen molar-refractivity contribution < 1.29 is 9.13 Å². The molecule has 1 N–H and O–H groups in total. The Kier molecular flexibility index (Phi) is 6.27. The van der Waals surface area contributed by atoms with E-state index in [4.69, 9.17) is 33.2 Å². The van der Waals surface area contributed by atoms with Crippen LogP contribution in [0.5, 0.6) is 11.6 Å². The Labute approximate surface area is 199 Å². The number of benzene rings is 2. The Balaban J connectivity index is 1.66. The molecule has 0 atom stereocenters. The zero-order valence-corrected chi connectivity index (χ0v) is 18.3. The minimum atomic E-state index is -0.928. The number of H-pyrrole nitrogens is 1. The fraction of sp³-hybridized carbons (Fsp3) is 0.0476. The third kappa shape index (κ3) is 4.73. The Morgan fingerprint density at radius 2 is 1.71 bits per heavy atom. The molecule has 0 fully saturated rings. The molecule has 0 amide bonds. The second-order valence-electron chi connectivity index (χ2n) is 6.77.